The second kappa shape index (κ2) is 10.0. The van der Waals surface area contributed by atoms with Crippen LogP contribution in [-0.4, -0.2) is 16.6 Å². The van der Waals surface area contributed by atoms with E-state index < -0.39 is 0 Å². The number of carbonyl (C=O) groups is 2. The highest BCUT2D eigenvalue weighted by atomic mass is 16.1. The lowest BCUT2D eigenvalue weighted by molar-refractivity contribution is 0.101. The Bertz CT molecular complexity index is 303. The average Bonchev–Trinajstić information content (AvgIpc) is 2.34. The molecule has 0 spiro atoms. The Hall–Kier alpha value is -1.51. The summed E-state index contributed by atoms with van der Waals surface area (Å²) >= 11 is 0. The summed E-state index contributed by atoms with van der Waals surface area (Å²) in [7, 11) is 0. The van der Waals surface area contributed by atoms with Gasteiger partial charge in [-0.15, -0.1) is 0 Å². The molecule has 0 aliphatic heterocycles. The fourth-order valence-electron chi connectivity index (χ4n) is 0.825. The van der Waals surface area contributed by atoms with Crippen molar-refractivity contribution in [2.75, 3.05) is 0 Å². The molecule has 1 rings (SSSR count). The molecule has 1 heterocycles. The second-order valence-electron chi connectivity index (χ2n) is 2.57. The van der Waals surface area contributed by atoms with Crippen molar-refractivity contribution in [3.63, 3.8) is 0 Å². The fourth-order valence-corrected chi connectivity index (χ4v) is 0.825. The Morgan fingerprint density at radius 3 is 1.44 bits per heavy atom. The van der Waals surface area contributed by atoms with Gasteiger partial charge in [-0.2, -0.15) is 0 Å². The Morgan fingerprint density at radius 1 is 0.875 bits per heavy atom. The quantitative estimate of drug-likeness (QED) is 0.720. The third-order valence-electron chi connectivity index (χ3n) is 1.55. The van der Waals surface area contributed by atoms with E-state index in [-0.39, 0.29) is 11.6 Å². The Labute approximate surface area is 97.9 Å². The molecule has 0 unspecified atom stereocenters. The molecule has 3 nitrogen and oxygen atoms in total. The molecular weight excluding hydrogens is 202 g/mol. The molecule has 3 heteroatoms. The summed E-state index contributed by atoms with van der Waals surface area (Å²) in [4.78, 5) is 25.5. The maximum absolute atomic E-state index is 10.9. The number of rotatable bonds is 2. The predicted octanol–water partition coefficient (Wildman–Crippen LogP) is 3.54. The molecule has 0 bridgehead atoms. The normalized spacial score (nSPS) is 7.88. The van der Waals surface area contributed by atoms with E-state index in [0.717, 1.165) is 0 Å². The van der Waals surface area contributed by atoms with Crippen LogP contribution in [0, 0.1) is 0 Å². The number of aromatic nitrogens is 1. The van der Waals surface area contributed by atoms with Crippen LogP contribution < -0.4 is 0 Å². The largest absolute Gasteiger partial charge is 0.294 e. The molecule has 0 aromatic carbocycles. The van der Waals surface area contributed by atoms with Crippen LogP contribution in [0.25, 0.3) is 0 Å². The van der Waals surface area contributed by atoms with Crippen molar-refractivity contribution in [3.8, 4) is 0 Å². The highest BCUT2D eigenvalue weighted by Crippen LogP contribution is 2.03. The first kappa shape index (κ1) is 16.9. The minimum atomic E-state index is -0.0781. The minimum absolute atomic E-state index is 0.0781. The van der Waals surface area contributed by atoms with E-state index >= 15 is 0 Å². The van der Waals surface area contributed by atoms with Gasteiger partial charge in [0.1, 0.15) is 0 Å². The molecule has 0 fully saturated rings. The molecular formula is C13H21NO2. The zero-order valence-electron chi connectivity index (χ0n) is 11.0. The third kappa shape index (κ3) is 6.06. The average molecular weight is 223 g/mol. The Kier molecular flexibility index (Phi) is 10.6. The number of carbonyl (C=O) groups excluding carboxylic acids is 2. The molecule has 0 aliphatic rings. The number of ketones is 2. The summed E-state index contributed by atoms with van der Waals surface area (Å²) in [5, 5.41) is 0. The molecule has 0 aliphatic carbocycles. The van der Waals surface area contributed by atoms with Crippen LogP contribution in [0.1, 0.15) is 62.3 Å². The number of pyridine rings is 1. The van der Waals surface area contributed by atoms with Crippen LogP contribution in [0.15, 0.2) is 18.5 Å². The molecule has 0 atom stereocenters. The fraction of sp³-hybridized carbons (Fsp3) is 0.462. The van der Waals surface area contributed by atoms with E-state index in [1.54, 1.807) is 6.07 Å². The molecule has 0 N–H and O–H groups in total. The molecule has 90 valence electrons. The van der Waals surface area contributed by atoms with Gasteiger partial charge in [0.15, 0.2) is 11.6 Å². The lowest BCUT2D eigenvalue weighted by Crippen LogP contribution is -1.98. The summed E-state index contributed by atoms with van der Waals surface area (Å²) in [6, 6.07) is 1.55. The van der Waals surface area contributed by atoms with Crippen molar-refractivity contribution < 1.29 is 9.59 Å². The van der Waals surface area contributed by atoms with Crippen molar-refractivity contribution in [1.29, 1.82) is 0 Å². The number of hydrogen-bond donors (Lipinski definition) is 0. The van der Waals surface area contributed by atoms with Gasteiger partial charge in [0, 0.05) is 23.5 Å². The lowest BCUT2D eigenvalue weighted by Gasteiger charge is -1.96. The Balaban J connectivity index is 0. The van der Waals surface area contributed by atoms with Crippen molar-refractivity contribution in [3.05, 3.63) is 29.6 Å². The van der Waals surface area contributed by atoms with Crippen LogP contribution in [-0.2, 0) is 0 Å². The summed E-state index contributed by atoms with van der Waals surface area (Å²) in [6.07, 6.45) is 2.91. The summed E-state index contributed by atoms with van der Waals surface area (Å²) < 4.78 is 0. The highest BCUT2D eigenvalue weighted by molar-refractivity contribution is 5.98. The van der Waals surface area contributed by atoms with Crippen LogP contribution in [0.2, 0.25) is 0 Å². The van der Waals surface area contributed by atoms with Crippen molar-refractivity contribution >= 4 is 11.6 Å². The maximum Gasteiger partial charge on any atom is 0.161 e. The molecule has 0 amide bonds. The van der Waals surface area contributed by atoms with E-state index in [2.05, 4.69) is 4.98 Å². The van der Waals surface area contributed by atoms with Crippen molar-refractivity contribution in [2.24, 2.45) is 0 Å². The van der Waals surface area contributed by atoms with E-state index in [1.807, 2.05) is 27.7 Å². The molecule has 0 saturated carbocycles. The van der Waals surface area contributed by atoms with Crippen LogP contribution >= 0.6 is 0 Å². The van der Waals surface area contributed by atoms with Crippen LogP contribution in [0.3, 0.4) is 0 Å². The predicted molar refractivity (Wildman–Crippen MR) is 66.9 cm³/mol. The van der Waals surface area contributed by atoms with Gasteiger partial charge >= 0.3 is 0 Å². The van der Waals surface area contributed by atoms with Gasteiger partial charge in [-0.25, -0.2) is 0 Å². The summed E-state index contributed by atoms with van der Waals surface area (Å²) in [5.41, 5.74) is 0.949. The van der Waals surface area contributed by atoms with E-state index in [0.29, 0.717) is 11.1 Å². The van der Waals surface area contributed by atoms with Gasteiger partial charge < -0.3 is 0 Å². The van der Waals surface area contributed by atoms with Crippen molar-refractivity contribution in [1.82, 2.24) is 4.98 Å². The van der Waals surface area contributed by atoms with Gasteiger partial charge in [-0.3, -0.25) is 14.6 Å². The molecule has 1 aromatic rings. The Morgan fingerprint density at radius 2 is 1.19 bits per heavy atom. The second-order valence-corrected chi connectivity index (χ2v) is 2.57. The molecule has 1 aromatic heterocycles. The molecule has 16 heavy (non-hydrogen) atoms. The van der Waals surface area contributed by atoms with Crippen LogP contribution in [0.5, 0.6) is 0 Å². The number of Topliss-reactive ketones (excluding diaryl/α,β-unsaturated/α-hetero) is 2. The molecule has 0 saturated heterocycles. The summed E-state index contributed by atoms with van der Waals surface area (Å²) in [6.45, 7) is 10.9. The topological polar surface area (TPSA) is 47.0 Å². The highest BCUT2D eigenvalue weighted by Gasteiger charge is 2.03. The van der Waals surface area contributed by atoms with Gasteiger partial charge in [0.25, 0.3) is 0 Å². The van der Waals surface area contributed by atoms with Crippen LogP contribution in [0.4, 0.5) is 0 Å². The first-order valence-electron chi connectivity index (χ1n) is 5.58. The zero-order valence-corrected chi connectivity index (χ0v) is 11.0. The van der Waals surface area contributed by atoms with Gasteiger partial charge in [-0.1, -0.05) is 27.7 Å². The lowest BCUT2D eigenvalue weighted by atomic mass is 10.1. The number of nitrogens with zero attached hydrogens (tertiary/aromatic N) is 1. The zero-order chi connectivity index (χ0) is 13.1. The first-order valence-corrected chi connectivity index (χ1v) is 5.58. The van der Waals surface area contributed by atoms with E-state index in [1.165, 1.54) is 26.2 Å². The maximum atomic E-state index is 10.9. The minimum Gasteiger partial charge on any atom is -0.294 e. The monoisotopic (exact) mass is 223 g/mol. The van der Waals surface area contributed by atoms with Crippen molar-refractivity contribution in [2.45, 2.75) is 41.5 Å². The first-order chi connectivity index (χ1) is 7.61. The third-order valence-corrected chi connectivity index (χ3v) is 1.55. The smallest absolute Gasteiger partial charge is 0.161 e. The van der Waals surface area contributed by atoms with E-state index in [4.69, 9.17) is 0 Å². The van der Waals surface area contributed by atoms with Gasteiger partial charge in [-0.05, 0) is 19.9 Å². The number of hydrogen-bond acceptors (Lipinski definition) is 3. The standard InChI is InChI=1S/C9H9NO2.2C2H6/c1-6(11)8-3-9(7(2)12)5-10-4-8;2*1-2/h3-5H,1-2H3;2*1-2H3. The summed E-state index contributed by atoms with van der Waals surface area (Å²) in [5.74, 6) is -0.156. The van der Waals surface area contributed by atoms with E-state index in [9.17, 15) is 9.59 Å². The van der Waals surface area contributed by atoms with Gasteiger partial charge in [0.05, 0.1) is 0 Å². The SMILES string of the molecule is CC.CC.CC(=O)c1cncc(C(C)=O)c1. The van der Waals surface area contributed by atoms with Gasteiger partial charge in [0.2, 0.25) is 0 Å². The molecule has 0 radical (unpaired) electrons.